The number of phenols is 1. The molecule has 0 aromatic heterocycles. The number of hydrogen-bond donors (Lipinski definition) is 5. The fourth-order valence-corrected chi connectivity index (χ4v) is 4.18. The van der Waals surface area contributed by atoms with E-state index in [4.69, 9.17) is 31.0 Å². The smallest absolute Gasteiger partial charge is 0.295 e. The molecular formula is C16H14ClNO10S3. The highest BCUT2D eigenvalue weighted by Gasteiger charge is 2.19. The normalized spacial score (nSPS) is 12.3. The average Bonchev–Trinajstić information content (AvgIpc) is 2.62. The third kappa shape index (κ3) is 6.04. The van der Waals surface area contributed by atoms with Gasteiger partial charge in [0.15, 0.2) is 0 Å². The first-order valence-corrected chi connectivity index (χ1v) is 12.4. The first-order chi connectivity index (χ1) is 14.0. The number of rotatable bonds is 3. The molecule has 6 N–H and O–H groups in total. The van der Waals surface area contributed by atoms with Gasteiger partial charge in [-0.15, -0.1) is 0 Å². The number of hydrogen-bond acceptors (Lipinski definition) is 8. The number of halogens is 1. The maximum atomic E-state index is 11.2. The van der Waals surface area contributed by atoms with Crippen molar-refractivity contribution in [1.82, 2.24) is 0 Å². The Kier molecular flexibility index (Phi) is 6.87. The largest absolute Gasteiger partial charge is 0.507 e. The highest BCUT2D eigenvalue weighted by atomic mass is 35.5. The van der Waals surface area contributed by atoms with Crippen LogP contribution in [0.3, 0.4) is 0 Å². The van der Waals surface area contributed by atoms with Gasteiger partial charge in [0.25, 0.3) is 30.4 Å². The van der Waals surface area contributed by atoms with E-state index < -0.39 is 40.1 Å². The average molecular weight is 512 g/mol. The summed E-state index contributed by atoms with van der Waals surface area (Å²) >= 11 is 5.53. The third-order valence-electron chi connectivity index (χ3n) is 3.77. The number of aromatic hydroxyl groups is 1. The fraction of sp³-hybridized carbons (Fsp3) is 0. The summed E-state index contributed by atoms with van der Waals surface area (Å²) in [6.07, 6.45) is 0. The molecule has 15 heteroatoms. The van der Waals surface area contributed by atoms with Gasteiger partial charge in [-0.05, 0) is 48.5 Å². The van der Waals surface area contributed by atoms with Gasteiger partial charge in [0.1, 0.15) is 10.6 Å². The molecule has 0 radical (unpaired) electrons. The molecule has 0 saturated heterocycles. The minimum atomic E-state index is -4.60. The van der Waals surface area contributed by atoms with Gasteiger partial charge in [0.05, 0.1) is 20.5 Å². The van der Waals surface area contributed by atoms with Crippen LogP contribution in [0.2, 0.25) is 5.02 Å². The topological polar surface area (TPSA) is 209 Å². The third-order valence-corrected chi connectivity index (χ3v) is 6.72. The van der Waals surface area contributed by atoms with Crippen molar-refractivity contribution in [3.63, 3.8) is 0 Å². The lowest BCUT2D eigenvalue weighted by atomic mass is 10.1. The first-order valence-electron chi connectivity index (χ1n) is 7.75. The van der Waals surface area contributed by atoms with Gasteiger partial charge in [-0.25, -0.2) is 0 Å². The molecule has 31 heavy (non-hydrogen) atoms. The summed E-state index contributed by atoms with van der Waals surface area (Å²) < 4.78 is 92.0. The van der Waals surface area contributed by atoms with Crippen LogP contribution in [0.15, 0.2) is 63.2 Å². The zero-order valence-electron chi connectivity index (χ0n) is 15.0. The molecule has 0 aliphatic carbocycles. The van der Waals surface area contributed by atoms with Gasteiger partial charge >= 0.3 is 0 Å². The van der Waals surface area contributed by atoms with Gasteiger partial charge in [-0.1, -0.05) is 11.6 Å². The van der Waals surface area contributed by atoms with Gasteiger partial charge < -0.3 is 10.8 Å². The lowest BCUT2D eigenvalue weighted by molar-refractivity contribution is 0.476. The molecule has 0 unspecified atom stereocenters. The number of benzene rings is 3. The van der Waals surface area contributed by atoms with Crippen LogP contribution in [0.4, 0.5) is 5.69 Å². The van der Waals surface area contributed by atoms with Crippen molar-refractivity contribution in [2.24, 2.45) is 0 Å². The van der Waals surface area contributed by atoms with Crippen LogP contribution in [0.5, 0.6) is 5.75 Å². The predicted octanol–water partition coefficient (Wildman–Crippen LogP) is 2.21. The van der Waals surface area contributed by atoms with Crippen molar-refractivity contribution in [2.45, 2.75) is 14.7 Å². The number of fused-ring (bicyclic) bond motifs is 1. The molecule has 0 heterocycles. The Hall–Kier alpha value is -2.46. The van der Waals surface area contributed by atoms with Crippen LogP contribution in [-0.4, -0.2) is 44.0 Å². The van der Waals surface area contributed by atoms with E-state index in [-0.39, 0.29) is 32.1 Å². The van der Waals surface area contributed by atoms with E-state index in [1.54, 1.807) is 0 Å². The van der Waals surface area contributed by atoms with E-state index in [2.05, 4.69) is 0 Å². The predicted molar refractivity (Wildman–Crippen MR) is 111 cm³/mol. The monoisotopic (exact) mass is 511 g/mol. The second-order valence-electron chi connectivity index (χ2n) is 5.90. The maximum absolute atomic E-state index is 11.2. The van der Waals surface area contributed by atoms with E-state index in [0.717, 1.165) is 36.4 Å². The molecule has 0 fully saturated rings. The Bertz CT molecular complexity index is 1480. The van der Waals surface area contributed by atoms with Gasteiger partial charge in [0.2, 0.25) is 0 Å². The van der Waals surface area contributed by atoms with Crippen molar-refractivity contribution in [3.8, 4) is 5.75 Å². The van der Waals surface area contributed by atoms with Crippen molar-refractivity contribution >= 4 is 58.4 Å². The minimum absolute atomic E-state index is 0.0301. The summed E-state index contributed by atoms with van der Waals surface area (Å²) in [4.78, 5) is -1.37. The highest BCUT2D eigenvalue weighted by molar-refractivity contribution is 7.86. The summed E-state index contributed by atoms with van der Waals surface area (Å²) in [5.74, 6) is -0.288. The Labute approximate surface area is 181 Å². The number of nitrogens with two attached hydrogens (primary N) is 1. The highest BCUT2D eigenvalue weighted by Crippen LogP contribution is 2.32. The zero-order chi connectivity index (χ0) is 23.8. The maximum Gasteiger partial charge on any atom is 0.295 e. The molecule has 0 aliphatic heterocycles. The van der Waals surface area contributed by atoms with Crippen LogP contribution < -0.4 is 5.73 Å². The lowest BCUT2D eigenvalue weighted by Crippen LogP contribution is -2.01. The summed E-state index contributed by atoms with van der Waals surface area (Å²) in [6.45, 7) is 0. The molecule has 0 saturated carbocycles. The SMILES string of the molecule is Nc1cc(S(=O)(=O)O)ccc1Cl.O=S(=O)(O)c1ccc2c(O)ccc(S(=O)(=O)O)c2c1. The van der Waals surface area contributed by atoms with Gasteiger partial charge in [0, 0.05) is 10.8 Å². The van der Waals surface area contributed by atoms with E-state index in [0.29, 0.717) is 0 Å². The van der Waals surface area contributed by atoms with Crippen LogP contribution in [0.1, 0.15) is 0 Å². The van der Waals surface area contributed by atoms with Crippen LogP contribution in [0.25, 0.3) is 10.8 Å². The van der Waals surface area contributed by atoms with E-state index in [1.807, 2.05) is 0 Å². The van der Waals surface area contributed by atoms with E-state index >= 15 is 0 Å². The van der Waals surface area contributed by atoms with Gasteiger partial charge in [-0.2, -0.15) is 25.3 Å². The molecule has 3 aromatic rings. The molecule has 0 atom stereocenters. The summed E-state index contributed by atoms with van der Waals surface area (Å²) in [5.41, 5.74) is 5.43. The summed E-state index contributed by atoms with van der Waals surface area (Å²) in [5, 5.41) is 9.64. The Morgan fingerprint density at radius 3 is 1.68 bits per heavy atom. The molecule has 3 rings (SSSR count). The molecule has 11 nitrogen and oxygen atoms in total. The second kappa shape index (κ2) is 8.58. The Morgan fingerprint density at radius 2 is 1.19 bits per heavy atom. The Balaban J connectivity index is 0.000000245. The minimum Gasteiger partial charge on any atom is -0.507 e. The van der Waals surface area contributed by atoms with Crippen molar-refractivity contribution in [2.75, 3.05) is 5.73 Å². The van der Waals surface area contributed by atoms with Crippen LogP contribution in [-0.2, 0) is 30.4 Å². The molecule has 0 spiro atoms. The van der Waals surface area contributed by atoms with Crippen LogP contribution in [0, 0.1) is 0 Å². The van der Waals surface area contributed by atoms with Crippen molar-refractivity contribution < 1.29 is 44.0 Å². The molecule has 3 aromatic carbocycles. The van der Waals surface area contributed by atoms with E-state index in [9.17, 15) is 30.4 Å². The number of phenolic OH excluding ortho intramolecular Hbond substituents is 1. The first kappa shape index (κ1) is 24.8. The Morgan fingerprint density at radius 1 is 0.677 bits per heavy atom. The standard InChI is InChI=1S/C10H8O7S2.C6H6ClNO3S/c11-9-3-4-10(19(15,16)17)8-5-6(18(12,13)14)1-2-7(8)9;7-5-2-1-4(3-6(5)8)12(9,10)11/h1-5,11H,(H,12,13,14)(H,15,16,17);1-3H,8H2,(H,9,10,11). The number of nitrogen functional groups attached to an aromatic ring is 1. The number of anilines is 1. The van der Waals surface area contributed by atoms with Crippen molar-refractivity contribution in [3.05, 3.63) is 53.6 Å². The summed E-state index contributed by atoms with van der Waals surface area (Å²) in [7, 11) is -13.3. The molecule has 0 bridgehead atoms. The molecule has 0 amide bonds. The summed E-state index contributed by atoms with van der Waals surface area (Å²) in [6, 6.07) is 8.55. The molecule has 0 aliphatic rings. The molecular weight excluding hydrogens is 498 g/mol. The molecule has 168 valence electrons. The van der Waals surface area contributed by atoms with Gasteiger partial charge in [-0.3, -0.25) is 13.7 Å². The van der Waals surface area contributed by atoms with E-state index in [1.165, 1.54) is 12.1 Å². The lowest BCUT2D eigenvalue weighted by Gasteiger charge is -2.07. The quantitative estimate of drug-likeness (QED) is 0.254. The zero-order valence-corrected chi connectivity index (χ0v) is 18.2. The van der Waals surface area contributed by atoms with Crippen molar-refractivity contribution in [1.29, 1.82) is 0 Å². The second-order valence-corrected chi connectivity index (χ2v) is 10.5. The fourth-order valence-electron chi connectivity index (χ4n) is 2.35. The van der Waals surface area contributed by atoms with Crippen LogP contribution >= 0.6 is 11.6 Å².